The average Bonchev–Trinajstić information content (AvgIpc) is 2.59. The van der Waals surface area contributed by atoms with Gasteiger partial charge >= 0.3 is 0 Å². The van der Waals surface area contributed by atoms with Crippen molar-refractivity contribution in [3.8, 4) is 11.3 Å². The predicted molar refractivity (Wildman–Crippen MR) is 105 cm³/mol. The summed E-state index contributed by atoms with van der Waals surface area (Å²) in [6, 6.07) is 18.4. The highest BCUT2D eigenvalue weighted by molar-refractivity contribution is 5.64. The second kappa shape index (κ2) is 7.52. The first-order valence-electron chi connectivity index (χ1n) is 8.60. The van der Waals surface area contributed by atoms with Crippen LogP contribution in [-0.4, -0.2) is 15.5 Å². The summed E-state index contributed by atoms with van der Waals surface area (Å²) in [5.41, 5.74) is 2.54. The number of halogens is 1. The van der Waals surface area contributed by atoms with Crippen LogP contribution in [0, 0.1) is 5.82 Å². The van der Waals surface area contributed by atoms with Crippen molar-refractivity contribution < 1.29 is 4.39 Å². The van der Waals surface area contributed by atoms with Crippen LogP contribution in [0.5, 0.6) is 0 Å². The van der Waals surface area contributed by atoms with Crippen LogP contribution in [0.15, 0.2) is 60.7 Å². The second-order valence-electron chi connectivity index (χ2n) is 7.19. The standard InChI is InChI=1S/C21H23FN4/c1-21(2,3)26-20-24-18(16-9-5-4-6-10-16)13-19(25-20)23-14-15-8-7-11-17(22)12-15/h4-13H,14H2,1-3H3,(H2,23,24,25,26). The van der Waals surface area contributed by atoms with Gasteiger partial charge in [0.2, 0.25) is 5.95 Å². The van der Waals surface area contributed by atoms with Crippen molar-refractivity contribution in [3.63, 3.8) is 0 Å². The Balaban J connectivity index is 1.89. The molecule has 134 valence electrons. The Morgan fingerprint density at radius 3 is 2.38 bits per heavy atom. The molecule has 0 atom stereocenters. The number of hydrogen-bond donors (Lipinski definition) is 2. The van der Waals surface area contributed by atoms with Gasteiger partial charge in [-0.3, -0.25) is 0 Å². The topological polar surface area (TPSA) is 49.8 Å². The van der Waals surface area contributed by atoms with Gasteiger partial charge in [0.1, 0.15) is 11.6 Å². The Hall–Kier alpha value is -2.95. The number of nitrogens with zero attached hydrogens (tertiary/aromatic N) is 2. The first-order valence-corrected chi connectivity index (χ1v) is 8.60. The molecule has 0 fully saturated rings. The summed E-state index contributed by atoms with van der Waals surface area (Å²) >= 11 is 0. The number of benzene rings is 2. The first kappa shape index (κ1) is 17.9. The number of aromatic nitrogens is 2. The molecule has 1 heterocycles. The Bertz CT molecular complexity index is 873. The van der Waals surface area contributed by atoms with Crippen molar-refractivity contribution in [2.45, 2.75) is 32.9 Å². The summed E-state index contributed by atoms with van der Waals surface area (Å²) in [7, 11) is 0. The molecule has 0 aliphatic rings. The van der Waals surface area contributed by atoms with Crippen LogP contribution in [-0.2, 0) is 6.54 Å². The Morgan fingerprint density at radius 1 is 0.923 bits per heavy atom. The van der Waals surface area contributed by atoms with Gasteiger partial charge in [0.15, 0.2) is 0 Å². The fraction of sp³-hybridized carbons (Fsp3) is 0.238. The van der Waals surface area contributed by atoms with Crippen molar-refractivity contribution >= 4 is 11.8 Å². The first-order chi connectivity index (χ1) is 12.4. The minimum absolute atomic E-state index is 0.158. The summed E-state index contributed by atoms with van der Waals surface area (Å²) in [6.45, 7) is 6.67. The van der Waals surface area contributed by atoms with Crippen LogP contribution in [0.3, 0.4) is 0 Å². The number of hydrogen-bond acceptors (Lipinski definition) is 4. The van der Waals surface area contributed by atoms with Gasteiger partial charge in [0.05, 0.1) is 5.69 Å². The summed E-state index contributed by atoms with van der Waals surface area (Å²) in [4.78, 5) is 9.19. The molecule has 4 nitrogen and oxygen atoms in total. The van der Waals surface area contributed by atoms with Crippen LogP contribution < -0.4 is 10.6 Å². The Labute approximate surface area is 153 Å². The van der Waals surface area contributed by atoms with E-state index in [0.29, 0.717) is 18.3 Å². The van der Waals surface area contributed by atoms with E-state index in [2.05, 4.69) is 41.4 Å². The third-order valence-corrected chi connectivity index (χ3v) is 3.65. The van der Waals surface area contributed by atoms with Gasteiger partial charge in [-0.1, -0.05) is 42.5 Å². The Morgan fingerprint density at radius 2 is 1.69 bits per heavy atom. The molecule has 5 heteroatoms. The third kappa shape index (κ3) is 5.02. The van der Waals surface area contributed by atoms with Crippen molar-refractivity contribution in [2.24, 2.45) is 0 Å². The highest BCUT2D eigenvalue weighted by atomic mass is 19.1. The third-order valence-electron chi connectivity index (χ3n) is 3.65. The van der Waals surface area contributed by atoms with Crippen LogP contribution in [0.1, 0.15) is 26.3 Å². The fourth-order valence-electron chi connectivity index (χ4n) is 2.53. The lowest BCUT2D eigenvalue weighted by Crippen LogP contribution is -2.27. The summed E-state index contributed by atoms with van der Waals surface area (Å²) in [6.07, 6.45) is 0. The van der Waals surface area contributed by atoms with Crippen molar-refractivity contribution in [3.05, 3.63) is 72.0 Å². The van der Waals surface area contributed by atoms with Gasteiger partial charge in [-0.15, -0.1) is 0 Å². The Kier molecular flexibility index (Phi) is 5.16. The minimum atomic E-state index is -0.243. The lowest BCUT2D eigenvalue weighted by atomic mass is 10.1. The van der Waals surface area contributed by atoms with E-state index >= 15 is 0 Å². The van der Waals surface area contributed by atoms with Crippen molar-refractivity contribution in [1.82, 2.24) is 9.97 Å². The zero-order valence-electron chi connectivity index (χ0n) is 15.3. The largest absolute Gasteiger partial charge is 0.366 e. The highest BCUT2D eigenvalue weighted by Crippen LogP contribution is 2.23. The molecule has 0 radical (unpaired) electrons. The van der Waals surface area contributed by atoms with Gasteiger partial charge in [-0.25, -0.2) is 9.37 Å². The minimum Gasteiger partial charge on any atom is -0.366 e. The molecule has 0 unspecified atom stereocenters. The summed E-state index contributed by atoms with van der Waals surface area (Å²) in [5.74, 6) is 1.00. The van der Waals surface area contributed by atoms with Crippen LogP contribution >= 0.6 is 0 Å². The molecule has 3 rings (SSSR count). The molecule has 0 bridgehead atoms. The lowest BCUT2D eigenvalue weighted by molar-refractivity contribution is 0.625. The molecule has 0 saturated carbocycles. The smallest absolute Gasteiger partial charge is 0.225 e. The second-order valence-corrected chi connectivity index (χ2v) is 7.19. The fourth-order valence-corrected chi connectivity index (χ4v) is 2.53. The molecular weight excluding hydrogens is 327 g/mol. The van der Waals surface area contributed by atoms with Crippen LogP contribution in [0.2, 0.25) is 0 Å². The lowest BCUT2D eigenvalue weighted by Gasteiger charge is -2.21. The monoisotopic (exact) mass is 350 g/mol. The number of anilines is 2. The molecule has 0 aliphatic heterocycles. The summed E-state index contributed by atoms with van der Waals surface area (Å²) < 4.78 is 13.4. The molecule has 2 aromatic carbocycles. The average molecular weight is 350 g/mol. The van der Waals surface area contributed by atoms with Crippen molar-refractivity contribution in [2.75, 3.05) is 10.6 Å². The molecular formula is C21H23FN4. The molecule has 0 saturated heterocycles. The van der Waals surface area contributed by atoms with Gasteiger partial charge in [-0.05, 0) is 38.5 Å². The van der Waals surface area contributed by atoms with Gasteiger partial charge in [-0.2, -0.15) is 4.98 Å². The van der Waals surface area contributed by atoms with Gasteiger partial charge < -0.3 is 10.6 Å². The van der Waals surface area contributed by atoms with Crippen LogP contribution in [0.25, 0.3) is 11.3 Å². The zero-order chi connectivity index (χ0) is 18.6. The van der Waals surface area contributed by atoms with E-state index in [0.717, 1.165) is 16.8 Å². The van der Waals surface area contributed by atoms with Crippen molar-refractivity contribution in [1.29, 1.82) is 0 Å². The maximum Gasteiger partial charge on any atom is 0.225 e. The molecule has 0 aliphatic carbocycles. The molecule has 1 aromatic heterocycles. The normalized spacial score (nSPS) is 11.2. The zero-order valence-corrected chi connectivity index (χ0v) is 15.3. The SMILES string of the molecule is CC(C)(C)Nc1nc(NCc2cccc(F)c2)cc(-c2ccccc2)n1. The molecule has 26 heavy (non-hydrogen) atoms. The van der Waals surface area contributed by atoms with E-state index in [-0.39, 0.29) is 11.4 Å². The molecule has 0 amide bonds. The van der Waals surface area contributed by atoms with E-state index in [1.165, 1.54) is 12.1 Å². The summed E-state index contributed by atoms with van der Waals surface area (Å²) in [5, 5.41) is 6.58. The number of nitrogens with one attached hydrogen (secondary N) is 2. The van der Waals surface area contributed by atoms with E-state index in [9.17, 15) is 4.39 Å². The van der Waals surface area contributed by atoms with E-state index < -0.39 is 0 Å². The maximum absolute atomic E-state index is 13.4. The van der Waals surface area contributed by atoms with Crippen LogP contribution in [0.4, 0.5) is 16.2 Å². The van der Waals surface area contributed by atoms with Gasteiger partial charge in [0, 0.05) is 23.7 Å². The highest BCUT2D eigenvalue weighted by Gasteiger charge is 2.13. The predicted octanol–water partition coefficient (Wildman–Crippen LogP) is 5.11. The van der Waals surface area contributed by atoms with Gasteiger partial charge in [0.25, 0.3) is 0 Å². The van der Waals surface area contributed by atoms with E-state index in [1.807, 2.05) is 42.5 Å². The molecule has 2 N–H and O–H groups in total. The van der Waals surface area contributed by atoms with E-state index in [4.69, 9.17) is 0 Å². The number of rotatable bonds is 5. The quantitative estimate of drug-likeness (QED) is 0.672. The van der Waals surface area contributed by atoms with E-state index in [1.54, 1.807) is 6.07 Å². The maximum atomic E-state index is 13.4. The molecule has 3 aromatic rings. The molecule has 0 spiro atoms.